The van der Waals surface area contributed by atoms with Gasteiger partial charge in [0.15, 0.2) is 0 Å². The van der Waals surface area contributed by atoms with Crippen LogP contribution in [-0.2, 0) is 11.2 Å². The predicted octanol–water partition coefficient (Wildman–Crippen LogP) is 2.45. The third-order valence-electron chi connectivity index (χ3n) is 2.10. The van der Waals surface area contributed by atoms with E-state index in [4.69, 9.17) is 10.5 Å². The van der Waals surface area contributed by atoms with Gasteiger partial charge in [0.2, 0.25) is 0 Å². The Kier molecular flexibility index (Phi) is 5.80. The highest BCUT2D eigenvalue weighted by molar-refractivity contribution is 7.99. The number of methoxy groups -OCH3 is 1. The molecule has 0 aliphatic carbocycles. The lowest BCUT2D eigenvalue weighted by Crippen LogP contribution is -2.17. The molecule has 0 saturated heterocycles. The Balaban J connectivity index is 2.60. The van der Waals surface area contributed by atoms with E-state index in [-0.39, 0.29) is 11.9 Å². The van der Waals surface area contributed by atoms with E-state index in [2.05, 4.69) is 0 Å². The first-order valence-electron chi connectivity index (χ1n) is 5.29. The van der Waals surface area contributed by atoms with Gasteiger partial charge < -0.3 is 10.5 Å². The Morgan fingerprint density at radius 1 is 1.50 bits per heavy atom. The average Bonchev–Trinajstić information content (AvgIpc) is 2.20. The van der Waals surface area contributed by atoms with Crippen LogP contribution in [0.25, 0.3) is 0 Å². The summed E-state index contributed by atoms with van der Waals surface area (Å²) < 4.78 is 18.5. The number of thioether (sulfide) groups is 1. The second-order valence-corrected chi connectivity index (χ2v) is 4.92. The van der Waals surface area contributed by atoms with E-state index >= 15 is 0 Å². The second-order valence-electron chi connectivity index (χ2n) is 3.79. The maximum absolute atomic E-state index is 13.6. The normalized spacial score (nSPS) is 12.8. The van der Waals surface area contributed by atoms with E-state index in [1.165, 1.54) is 11.8 Å². The van der Waals surface area contributed by atoms with Crippen molar-refractivity contribution in [3.05, 3.63) is 29.6 Å². The van der Waals surface area contributed by atoms with Crippen LogP contribution in [0.5, 0.6) is 0 Å². The Morgan fingerprint density at radius 3 is 2.81 bits per heavy atom. The first-order valence-corrected chi connectivity index (χ1v) is 6.27. The van der Waals surface area contributed by atoms with E-state index in [1.54, 1.807) is 13.2 Å². The van der Waals surface area contributed by atoms with Gasteiger partial charge in [0, 0.05) is 23.8 Å². The quantitative estimate of drug-likeness (QED) is 0.616. The van der Waals surface area contributed by atoms with Crippen molar-refractivity contribution >= 4 is 11.8 Å². The van der Waals surface area contributed by atoms with Gasteiger partial charge in [-0.05, 0) is 31.0 Å². The fourth-order valence-corrected chi connectivity index (χ4v) is 2.23. The highest BCUT2D eigenvalue weighted by Gasteiger charge is 2.05. The molecule has 0 aromatic heterocycles. The van der Waals surface area contributed by atoms with Gasteiger partial charge in [-0.2, -0.15) is 0 Å². The summed E-state index contributed by atoms with van der Waals surface area (Å²) in [5.41, 5.74) is 6.61. The van der Waals surface area contributed by atoms with Crippen molar-refractivity contribution in [1.82, 2.24) is 0 Å². The molecule has 1 aromatic carbocycles. The Bertz CT molecular complexity index is 331. The summed E-state index contributed by atoms with van der Waals surface area (Å²) in [5, 5.41) is 0. The smallest absolute Gasteiger partial charge is 0.137 e. The lowest BCUT2D eigenvalue weighted by atomic mass is 10.1. The van der Waals surface area contributed by atoms with Crippen molar-refractivity contribution in [2.24, 2.45) is 5.73 Å². The van der Waals surface area contributed by atoms with Crippen LogP contribution in [0.3, 0.4) is 0 Å². The lowest BCUT2D eigenvalue weighted by molar-refractivity contribution is 0.218. The zero-order chi connectivity index (χ0) is 12.0. The topological polar surface area (TPSA) is 35.2 Å². The highest BCUT2D eigenvalue weighted by Crippen LogP contribution is 2.22. The zero-order valence-electron chi connectivity index (χ0n) is 9.70. The van der Waals surface area contributed by atoms with Crippen LogP contribution in [0, 0.1) is 5.82 Å². The maximum atomic E-state index is 13.6. The molecule has 1 atom stereocenters. The Labute approximate surface area is 100 Å². The summed E-state index contributed by atoms with van der Waals surface area (Å²) in [7, 11) is 1.64. The monoisotopic (exact) mass is 243 g/mol. The van der Waals surface area contributed by atoms with Crippen LogP contribution >= 0.6 is 11.8 Å². The first-order chi connectivity index (χ1) is 7.63. The number of hydrogen-bond donors (Lipinski definition) is 1. The molecule has 2 nitrogen and oxygen atoms in total. The largest absolute Gasteiger partial charge is 0.384 e. The number of benzene rings is 1. The molecule has 4 heteroatoms. The molecule has 1 unspecified atom stereocenters. The summed E-state index contributed by atoms with van der Waals surface area (Å²) in [6, 6.07) is 5.37. The molecule has 90 valence electrons. The summed E-state index contributed by atoms with van der Waals surface area (Å²) in [5.74, 6) is 0.597. The fourth-order valence-electron chi connectivity index (χ4n) is 1.40. The molecule has 0 bridgehead atoms. The number of hydrogen-bond acceptors (Lipinski definition) is 3. The van der Waals surface area contributed by atoms with E-state index in [0.29, 0.717) is 17.9 Å². The Hall–Kier alpha value is -0.580. The summed E-state index contributed by atoms with van der Waals surface area (Å²) in [6.45, 7) is 2.55. The van der Waals surface area contributed by atoms with Gasteiger partial charge >= 0.3 is 0 Å². The molecule has 0 aliphatic rings. The van der Waals surface area contributed by atoms with Gasteiger partial charge in [-0.15, -0.1) is 11.8 Å². The molecule has 0 heterocycles. The van der Waals surface area contributed by atoms with Gasteiger partial charge in [-0.3, -0.25) is 0 Å². The van der Waals surface area contributed by atoms with E-state index in [1.807, 2.05) is 19.1 Å². The highest BCUT2D eigenvalue weighted by atomic mass is 32.2. The molecule has 1 aromatic rings. The third-order valence-corrected chi connectivity index (χ3v) is 3.11. The van der Waals surface area contributed by atoms with Gasteiger partial charge in [-0.25, -0.2) is 4.39 Å². The van der Waals surface area contributed by atoms with E-state index in [0.717, 1.165) is 11.3 Å². The molecule has 0 radical (unpaired) electrons. The maximum Gasteiger partial charge on any atom is 0.137 e. The minimum atomic E-state index is -0.167. The Morgan fingerprint density at radius 2 is 2.25 bits per heavy atom. The van der Waals surface area contributed by atoms with Crippen molar-refractivity contribution in [2.75, 3.05) is 19.5 Å². The van der Waals surface area contributed by atoms with Crippen LogP contribution in [0.1, 0.15) is 12.5 Å². The average molecular weight is 243 g/mol. The molecule has 0 fully saturated rings. The zero-order valence-corrected chi connectivity index (χ0v) is 10.5. The van der Waals surface area contributed by atoms with Crippen LogP contribution in [0.4, 0.5) is 4.39 Å². The molecule has 0 saturated carbocycles. The van der Waals surface area contributed by atoms with Crippen molar-refractivity contribution < 1.29 is 9.13 Å². The van der Waals surface area contributed by atoms with Crippen molar-refractivity contribution in [3.63, 3.8) is 0 Å². The van der Waals surface area contributed by atoms with Crippen LogP contribution in [0.15, 0.2) is 23.1 Å². The molecule has 1 rings (SSSR count). The number of halogens is 1. The third kappa shape index (κ3) is 4.51. The molecule has 0 aliphatic heterocycles. The minimum absolute atomic E-state index is 0.0615. The summed E-state index contributed by atoms with van der Waals surface area (Å²) >= 11 is 1.47. The molecule has 16 heavy (non-hydrogen) atoms. The molecular weight excluding hydrogens is 225 g/mol. The minimum Gasteiger partial charge on any atom is -0.384 e. The van der Waals surface area contributed by atoms with E-state index < -0.39 is 0 Å². The molecular formula is C12H18FNOS. The van der Waals surface area contributed by atoms with Crippen LogP contribution < -0.4 is 5.73 Å². The van der Waals surface area contributed by atoms with Crippen molar-refractivity contribution in [2.45, 2.75) is 24.3 Å². The molecule has 2 N–H and O–H groups in total. The standard InChI is InChI=1S/C12H18FNOS/c1-9(14)7-10-3-4-12(11(13)8-10)16-6-5-15-2/h3-4,8-9H,5-7,14H2,1-2H3. The molecule has 0 amide bonds. The fraction of sp³-hybridized carbons (Fsp3) is 0.500. The van der Waals surface area contributed by atoms with Crippen LogP contribution in [-0.4, -0.2) is 25.5 Å². The van der Waals surface area contributed by atoms with Gasteiger partial charge in [0.1, 0.15) is 5.82 Å². The van der Waals surface area contributed by atoms with Crippen LogP contribution in [0.2, 0.25) is 0 Å². The molecule has 0 spiro atoms. The predicted molar refractivity (Wildman–Crippen MR) is 66.4 cm³/mol. The van der Waals surface area contributed by atoms with Gasteiger partial charge in [0.25, 0.3) is 0 Å². The summed E-state index contributed by atoms with van der Waals surface area (Å²) in [4.78, 5) is 0.672. The van der Waals surface area contributed by atoms with Crippen molar-refractivity contribution in [1.29, 1.82) is 0 Å². The number of rotatable bonds is 6. The number of ether oxygens (including phenoxy) is 1. The SMILES string of the molecule is COCCSc1ccc(CC(C)N)cc1F. The summed E-state index contributed by atoms with van der Waals surface area (Å²) in [6.07, 6.45) is 0.708. The van der Waals surface area contributed by atoms with Gasteiger partial charge in [-0.1, -0.05) is 6.07 Å². The van der Waals surface area contributed by atoms with E-state index in [9.17, 15) is 4.39 Å². The first kappa shape index (κ1) is 13.5. The van der Waals surface area contributed by atoms with Gasteiger partial charge in [0.05, 0.1) is 6.61 Å². The second kappa shape index (κ2) is 6.89. The van der Waals surface area contributed by atoms with Crippen molar-refractivity contribution in [3.8, 4) is 0 Å². The lowest BCUT2D eigenvalue weighted by Gasteiger charge is -2.07. The number of nitrogens with two attached hydrogens (primary N) is 1.